The minimum absolute atomic E-state index is 0.240. The molecule has 2 N–H and O–H groups in total. The van der Waals surface area contributed by atoms with E-state index in [4.69, 9.17) is 10.6 Å². The fourth-order valence-corrected chi connectivity index (χ4v) is 1.24. The second-order valence-corrected chi connectivity index (χ2v) is 4.91. The van der Waals surface area contributed by atoms with Crippen LogP contribution in [0.3, 0.4) is 0 Å². The summed E-state index contributed by atoms with van der Waals surface area (Å²) >= 11 is 3.25. The Labute approximate surface area is 108 Å². The first-order valence-electron chi connectivity index (χ1n) is 4.98. The number of amides is 1. The van der Waals surface area contributed by atoms with Crippen LogP contribution in [0.5, 0.6) is 0 Å². The molecule has 7 heteroatoms. The third-order valence-electron chi connectivity index (χ3n) is 1.67. The molecule has 0 spiro atoms. The van der Waals surface area contributed by atoms with Crippen LogP contribution in [0.1, 0.15) is 26.5 Å². The number of halogens is 1. The van der Waals surface area contributed by atoms with Gasteiger partial charge < -0.3 is 4.74 Å². The van der Waals surface area contributed by atoms with Gasteiger partial charge in [-0.1, -0.05) is 15.9 Å². The lowest BCUT2D eigenvalue weighted by Gasteiger charge is -2.23. The number of alkyl halides is 1. The molecular weight excluding hydrogens is 288 g/mol. The number of hydrogen-bond donors (Lipinski definition) is 1. The summed E-state index contributed by atoms with van der Waals surface area (Å²) in [5.41, 5.74) is 0.157. The van der Waals surface area contributed by atoms with E-state index < -0.39 is 11.7 Å². The van der Waals surface area contributed by atoms with Crippen LogP contribution >= 0.6 is 15.9 Å². The van der Waals surface area contributed by atoms with E-state index in [0.29, 0.717) is 5.33 Å². The summed E-state index contributed by atoms with van der Waals surface area (Å²) in [6.45, 7) is 5.29. The lowest BCUT2D eigenvalue weighted by Crippen LogP contribution is -2.42. The van der Waals surface area contributed by atoms with Gasteiger partial charge in [0.05, 0.1) is 18.1 Å². The summed E-state index contributed by atoms with van der Waals surface area (Å²) in [7, 11) is 0. The zero-order valence-corrected chi connectivity index (χ0v) is 11.6. The average Bonchev–Trinajstić information content (AvgIpc) is 2.26. The maximum atomic E-state index is 11.6. The number of carbonyl (C=O) groups excluding carboxylic acids is 1. The average molecular weight is 303 g/mol. The van der Waals surface area contributed by atoms with Crippen molar-refractivity contribution in [1.29, 1.82) is 0 Å². The number of aromatic nitrogens is 2. The maximum absolute atomic E-state index is 11.6. The molecule has 6 nitrogen and oxygen atoms in total. The Morgan fingerprint density at radius 2 is 2.12 bits per heavy atom. The van der Waals surface area contributed by atoms with Crippen molar-refractivity contribution in [2.24, 2.45) is 5.84 Å². The van der Waals surface area contributed by atoms with Gasteiger partial charge in [0, 0.05) is 5.33 Å². The highest BCUT2D eigenvalue weighted by molar-refractivity contribution is 9.08. The molecule has 0 aliphatic rings. The van der Waals surface area contributed by atoms with Gasteiger partial charge in [-0.2, -0.15) is 5.01 Å². The van der Waals surface area contributed by atoms with Gasteiger partial charge >= 0.3 is 6.09 Å². The van der Waals surface area contributed by atoms with E-state index in [1.165, 1.54) is 12.4 Å². The predicted octanol–water partition coefficient (Wildman–Crippen LogP) is 1.99. The van der Waals surface area contributed by atoms with E-state index >= 15 is 0 Å². The molecule has 1 aromatic heterocycles. The summed E-state index contributed by atoms with van der Waals surface area (Å²) < 4.78 is 5.10. The number of hydrazine groups is 1. The van der Waals surface area contributed by atoms with E-state index in [0.717, 1.165) is 10.7 Å². The Bertz CT molecular complexity index is 388. The number of nitrogens with two attached hydrogens (primary N) is 1. The van der Waals surface area contributed by atoms with Crippen LogP contribution < -0.4 is 10.9 Å². The molecule has 0 aliphatic carbocycles. The third kappa shape index (κ3) is 4.27. The number of ether oxygens (including phenoxy) is 1. The smallest absolute Gasteiger partial charge is 0.430 e. The van der Waals surface area contributed by atoms with E-state index in [9.17, 15) is 4.79 Å². The van der Waals surface area contributed by atoms with Gasteiger partial charge in [-0.25, -0.2) is 15.6 Å². The van der Waals surface area contributed by atoms with E-state index in [2.05, 4.69) is 25.9 Å². The second-order valence-electron chi connectivity index (χ2n) is 4.35. The zero-order valence-electron chi connectivity index (χ0n) is 9.98. The lowest BCUT2D eigenvalue weighted by atomic mass is 10.2. The van der Waals surface area contributed by atoms with Crippen molar-refractivity contribution in [1.82, 2.24) is 9.97 Å². The molecule has 1 aromatic rings. The first-order chi connectivity index (χ1) is 7.83. The maximum Gasteiger partial charge on any atom is 0.430 e. The topological polar surface area (TPSA) is 81.3 Å². The van der Waals surface area contributed by atoms with Gasteiger partial charge in [0.1, 0.15) is 5.60 Å². The van der Waals surface area contributed by atoms with Crippen molar-refractivity contribution in [2.45, 2.75) is 31.7 Å². The van der Waals surface area contributed by atoms with Crippen LogP contribution in [0.4, 0.5) is 10.6 Å². The number of carbonyl (C=O) groups is 1. The monoisotopic (exact) mass is 302 g/mol. The van der Waals surface area contributed by atoms with Gasteiger partial charge in [0.2, 0.25) is 0 Å². The Morgan fingerprint density at radius 1 is 1.47 bits per heavy atom. The molecule has 0 fully saturated rings. The first kappa shape index (κ1) is 13.9. The van der Waals surface area contributed by atoms with E-state index in [1.807, 2.05) is 0 Å². The standard InChI is InChI=1S/C10H15BrN4O2/c1-10(2,3)17-9(16)15(12)8-6-13-7(4-11)5-14-8/h5-6H,4,12H2,1-3H3. The summed E-state index contributed by atoms with van der Waals surface area (Å²) in [4.78, 5) is 19.7. The minimum Gasteiger partial charge on any atom is -0.442 e. The van der Waals surface area contributed by atoms with Crippen molar-refractivity contribution < 1.29 is 9.53 Å². The highest BCUT2D eigenvalue weighted by Crippen LogP contribution is 2.12. The van der Waals surface area contributed by atoms with Crippen LogP contribution in [-0.2, 0) is 10.1 Å². The van der Waals surface area contributed by atoms with E-state index in [1.54, 1.807) is 20.8 Å². The largest absolute Gasteiger partial charge is 0.442 e. The summed E-state index contributed by atoms with van der Waals surface area (Å²) in [5.74, 6) is 5.82. The van der Waals surface area contributed by atoms with E-state index in [-0.39, 0.29) is 5.82 Å². The van der Waals surface area contributed by atoms with Crippen LogP contribution in [-0.4, -0.2) is 21.7 Å². The highest BCUT2D eigenvalue weighted by atomic mass is 79.9. The summed E-state index contributed by atoms with van der Waals surface area (Å²) in [5, 5.41) is 1.42. The molecule has 0 bridgehead atoms. The number of hydrogen-bond acceptors (Lipinski definition) is 5. The lowest BCUT2D eigenvalue weighted by molar-refractivity contribution is 0.0578. The summed E-state index contributed by atoms with van der Waals surface area (Å²) in [6.07, 6.45) is 2.29. The molecule has 17 heavy (non-hydrogen) atoms. The SMILES string of the molecule is CC(C)(C)OC(=O)N(N)c1cnc(CBr)cn1. The quantitative estimate of drug-likeness (QED) is 0.391. The minimum atomic E-state index is -0.668. The van der Waals surface area contributed by atoms with Crippen LogP contribution in [0.15, 0.2) is 12.4 Å². The molecule has 1 heterocycles. The molecule has 0 aliphatic heterocycles. The predicted molar refractivity (Wildman–Crippen MR) is 67.6 cm³/mol. The molecule has 0 unspecified atom stereocenters. The molecule has 0 saturated heterocycles. The molecule has 94 valence electrons. The summed E-state index contributed by atoms with van der Waals surface area (Å²) in [6, 6.07) is 0. The Morgan fingerprint density at radius 3 is 2.53 bits per heavy atom. The molecule has 0 aromatic carbocycles. The molecule has 1 rings (SSSR count). The molecular formula is C10H15BrN4O2. The molecule has 0 atom stereocenters. The van der Waals surface area contributed by atoms with Gasteiger partial charge in [0.25, 0.3) is 0 Å². The Kier molecular flexibility index (Phi) is 4.41. The third-order valence-corrected chi connectivity index (χ3v) is 2.24. The Balaban J connectivity index is 2.74. The Hall–Kier alpha value is -1.21. The number of rotatable bonds is 2. The van der Waals surface area contributed by atoms with Crippen molar-refractivity contribution in [3.8, 4) is 0 Å². The van der Waals surface area contributed by atoms with Gasteiger partial charge in [-0.15, -0.1) is 0 Å². The van der Waals surface area contributed by atoms with Gasteiger partial charge in [-0.05, 0) is 20.8 Å². The van der Waals surface area contributed by atoms with Crippen molar-refractivity contribution in [2.75, 3.05) is 5.01 Å². The molecule has 0 saturated carbocycles. The second kappa shape index (κ2) is 5.42. The van der Waals surface area contributed by atoms with Crippen LogP contribution in [0.2, 0.25) is 0 Å². The fourth-order valence-electron chi connectivity index (χ4n) is 0.946. The van der Waals surface area contributed by atoms with Gasteiger partial charge in [-0.3, -0.25) is 4.98 Å². The number of nitrogens with zero attached hydrogens (tertiary/aromatic N) is 3. The van der Waals surface area contributed by atoms with Gasteiger partial charge in [0.15, 0.2) is 5.82 Å². The number of anilines is 1. The first-order valence-corrected chi connectivity index (χ1v) is 6.10. The van der Waals surface area contributed by atoms with Crippen LogP contribution in [0, 0.1) is 0 Å². The highest BCUT2D eigenvalue weighted by Gasteiger charge is 2.22. The van der Waals surface area contributed by atoms with Crippen LogP contribution in [0.25, 0.3) is 0 Å². The van der Waals surface area contributed by atoms with Crippen molar-refractivity contribution >= 4 is 27.8 Å². The van der Waals surface area contributed by atoms with Crippen molar-refractivity contribution in [3.63, 3.8) is 0 Å². The molecule has 1 amide bonds. The fraction of sp³-hybridized carbons (Fsp3) is 0.500. The van der Waals surface area contributed by atoms with Crippen molar-refractivity contribution in [3.05, 3.63) is 18.1 Å². The zero-order chi connectivity index (χ0) is 13.1. The molecule has 0 radical (unpaired) electrons. The normalized spacial score (nSPS) is 11.1.